The van der Waals surface area contributed by atoms with Crippen molar-refractivity contribution in [2.75, 3.05) is 13.7 Å². The van der Waals surface area contributed by atoms with Crippen LogP contribution in [0.1, 0.15) is 78.6 Å². The van der Waals surface area contributed by atoms with E-state index in [1.165, 1.54) is 13.8 Å². The molecule has 12 nitrogen and oxygen atoms in total. The van der Waals surface area contributed by atoms with Gasteiger partial charge in [-0.2, -0.15) is 0 Å². The molecule has 50 heavy (non-hydrogen) atoms. The van der Waals surface area contributed by atoms with Crippen LogP contribution >= 0.6 is 0 Å². The molecule has 1 saturated heterocycles. The molecule has 8 atom stereocenters. The van der Waals surface area contributed by atoms with Crippen LogP contribution in [0.2, 0.25) is 18.1 Å². The van der Waals surface area contributed by atoms with Gasteiger partial charge in [-0.1, -0.05) is 52.8 Å². The van der Waals surface area contributed by atoms with Gasteiger partial charge in [-0.25, -0.2) is 9.59 Å². The highest BCUT2D eigenvalue weighted by atomic mass is 28.4. The lowest BCUT2D eigenvalue weighted by Crippen LogP contribution is -2.82. The molecule has 0 amide bonds. The van der Waals surface area contributed by atoms with Crippen LogP contribution in [0, 0.1) is 16.7 Å². The topological polar surface area (TPSA) is 161 Å². The van der Waals surface area contributed by atoms with Crippen molar-refractivity contribution in [1.82, 2.24) is 0 Å². The fraction of sp³-hybridized carbons (Fsp3) is 0.649. The summed E-state index contributed by atoms with van der Waals surface area (Å²) in [5, 5.41) is 13.2. The Morgan fingerprint density at radius 2 is 1.62 bits per heavy atom. The zero-order chi connectivity index (χ0) is 37.0. The molecule has 0 spiro atoms. The van der Waals surface area contributed by atoms with E-state index < -0.39 is 96.8 Å². The smallest absolute Gasteiger partial charge is 0.455 e. The van der Waals surface area contributed by atoms with Crippen LogP contribution in [-0.4, -0.2) is 92.4 Å². The standard InChI is InChI=1S/C37H50O12Si/c1-10-50(11-2,12-3)49-25-18-26-36(20-45-26,48-22(5)38)29-31(47-32(41)23-16-14-13-15-17-23)37(43)19-24(39)21(4)27(34(37,6)7)28(46-33(42)44-9)30(40)35(25,29)8/h13-17,25-26,28-29,31,43H,10-12,18-20H2,1-9H3/t25-,26+,28+,29-,31-,35+,36-,37+/m0/s1. The minimum Gasteiger partial charge on any atom is -0.455 e. The SMILES string of the molecule is CC[Si](CC)(CC)O[C@H]1C[C@H]2OC[C@@]2(OC(C)=O)[C@H]2[C@H](OC(=O)c3ccccc3)[C@]3(O)CC(=O)C(C)=C([C@@H](OC(=O)OC)C(=O)[C@]12C)C3(C)C. The minimum absolute atomic E-state index is 0.0735. The van der Waals surface area contributed by atoms with Crippen LogP contribution in [0.3, 0.4) is 0 Å². The molecule has 3 aliphatic carbocycles. The second kappa shape index (κ2) is 13.3. The Morgan fingerprint density at radius 1 is 1.00 bits per heavy atom. The maximum atomic E-state index is 15.7. The third-order valence-electron chi connectivity index (χ3n) is 12.4. The van der Waals surface area contributed by atoms with E-state index in [4.69, 9.17) is 28.1 Å². The number of fused-ring (bicyclic) bond motifs is 5. The van der Waals surface area contributed by atoms with Crippen molar-refractivity contribution in [2.45, 2.75) is 122 Å². The minimum atomic E-state index is -2.52. The summed E-state index contributed by atoms with van der Waals surface area (Å²) in [6, 6.07) is 10.4. The van der Waals surface area contributed by atoms with E-state index in [0.717, 1.165) is 25.2 Å². The Hall–Kier alpha value is -3.39. The lowest BCUT2D eigenvalue weighted by Gasteiger charge is -2.68. The van der Waals surface area contributed by atoms with Crippen molar-refractivity contribution in [3.05, 3.63) is 47.0 Å². The Kier molecular flexibility index (Phi) is 10.1. The van der Waals surface area contributed by atoms with Gasteiger partial charge in [0.25, 0.3) is 0 Å². The molecule has 5 rings (SSSR count). The monoisotopic (exact) mass is 714 g/mol. The Bertz CT molecular complexity index is 1580. The number of hydrogen-bond acceptors (Lipinski definition) is 12. The summed E-state index contributed by atoms with van der Waals surface area (Å²) in [6.45, 7) is 13.6. The van der Waals surface area contributed by atoms with Gasteiger partial charge in [-0.3, -0.25) is 14.4 Å². The summed E-state index contributed by atoms with van der Waals surface area (Å²) in [6.07, 6.45) is -6.58. The third-order valence-corrected chi connectivity index (χ3v) is 17.1. The molecule has 2 bridgehead atoms. The Labute approximate surface area is 294 Å². The molecule has 4 aliphatic rings. The maximum absolute atomic E-state index is 15.7. The third kappa shape index (κ3) is 5.55. The predicted molar refractivity (Wildman–Crippen MR) is 182 cm³/mol. The molecule has 1 aromatic rings. The van der Waals surface area contributed by atoms with E-state index in [1.54, 1.807) is 51.1 Å². The Balaban J connectivity index is 1.89. The molecule has 3 fully saturated rings. The van der Waals surface area contributed by atoms with Gasteiger partial charge in [0.1, 0.15) is 17.8 Å². The van der Waals surface area contributed by atoms with Crippen molar-refractivity contribution >= 4 is 38.0 Å². The van der Waals surface area contributed by atoms with E-state index >= 15 is 4.79 Å². The highest BCUT2D eigenvalue weighted by Gasteiger charge is 2.79. The molecule has 2 saturated carbocycles. The molecule has 1 N–H and O–H groups in total. The number of rotatable bonds is 9. The number of ether oxygens (including phenoxy) is 5. The molecule has 0 radical (unpaired) electrons. The van der Waals surface area contributed by atoms with E-state index in [2.05, 4.69) is 0 Å². The quantitative estimate of drug-likeness (QED) is 0.205. The second-order valence-corrected chi connectivity index (χ2v) is 19.6. The van der Waals surface area contributed by atoms with Crippen LogP contribution in [0.5, 0.6) is 0 Å². The summed E-state index contributed by atoms with van der Waals surface area (Å²) >= 11 is 0. The van der Waals surface area contributed by atoms with E-state index in [9.17, 15) is 24.3 Å². The zero-order valence-corrected chi connectivity index (χ0v) is 31.5. The number of ketones is 2. The number of allylic oxidation sites excluding steroid dienone is 1. The molecule has 1 heterocycles. The van der Waals surface area contributed by atoms with Gasteiger partial charge in [0.15, 0.2) is 31.6 Å². The molecule has 274 valence electrons. The summed E-state index contributed by atoms with van der Waals surface area (Å²) < 4.78 is 36.5. The highest BCUT2D eigenvalue weighted by molar-refractivity contribution is 6.73. The number of esters is 2. The highest BCUT2D eigenvalue weighted by Crippen LogP contribution is 2.64. The summed E-state index contributed by atoms with van der Waals surface area (Å²) in [5.41, 5.74) is -6.69. The first-order chi connectivity index (χ1) is 23.4. The molecular weight excluding hydrogens is 664 g/mol. The zero-order valence-electron chi connectivity index (χ0n) is 30.5. The van der Waals surface area contributed by atoms with Crippen LogP contribution in [0.15, 0.2) is 41.5 Å². The maximum Gasteiger partial charge on any atom is 0.509 e. The number of carbonyl (C=O) groups is 5. The van der Waals surface area contributed by atoms with Crippen molar-refractivity contribution in [1.29, 1.82) is 0 Å². The molecule has 1 aromatic carbocycles. The van der Waals surface area contributed by atoms with E-state index in [-0.39, 0.29) is 29.7 Å². The van der Waals surface area contributed by atoms with Crippen molar-refractivity contribution in [2.24, 2.45) is 16.7 Å². The number of aliphatic hydroxyl groups is 1. The van der Waals surface area contributed by atoms with Crippen LogP contribution in [0.25, 0.3) is 0 Å². The lowest BCUT2D eigenvalue weighted by atomic mass is 9.44. The van der Waals surface area contributed by atoms with Gasteiger partial charge in [-0.05, 0) is 55.3 Å². The summed E-state index contributed by atoms with van der Waals surface area (Å²) in [4.78, 5) is 69.6. The number of carbonyl (C=O) groups excluding carboxylic acids is 5. The number of hydrogen-bond donors (Lipinski definition) is 1. The van der Waals surface area contributed by atoms with Crippen molar-refractivity contribution < 1.29 is 57.2 Å². The lowest BCUT2D eigenvalue weighted by molar-refractivity contribution is -0.343. The molecule has 1 aliphatic heterocycles. The first-order valence-corrected chi connectivity index (χ1v) is 20.0. The Morgan fingerprint density at radius 3 is 2.14 bits per heavy atom. The largest absolute Gasteiger partial charge is 0.509 e. The van der Waals surface area contributed by atoms with Gasteiger partial charge >= 0.3 is 18.1 Å². The summed E-state index contributed by atoms with van der Waals surface area (Å²) in [5.74, 6) is -3.99. The normalized spacial score (nSPS) is 34.6. The van der Waals surface area contributed by atoms with Crippen LogP contribution in [-0.2, 0) is 42.5 Å². The second-order valence-electron chi connectivity index (χ2n) is 14.9. The van der Waals surface area contributed by atoms with Gasteiger partial charge < -0.3 is 33.2 Å². The first-order valence-electron chi connectivity index (χ1n) is 17.4. The van der Waals surface area contributed by atoms with Crippen molar-refractivity contribution in [3.8, 4) is 0 Å². The number of Topliss-reactive ketones (excluding diaryl/α,β-unsaturated/α-hetero) is 2. The average Bonchev–Trinajstić information content (AvgIpc) is 3.08. The van der Waals surface area contributed by atoms with Gasteiger partial charge in [0.2, 0.25) is 0 Å². The summed E-state index contributed by atoms with van der Waals surface area (Å²) in [7, 11) is -1.42. The fourth-order valence-electron chi connectivity index (χ4n) is 9.15. The van der Waals surface area contributed by atoms with E-state index in [1.807, 2.05) is 20.8 Å². The van der Waals surface area contributed by atoms with E-state index in [0.29, 0.717) is 0 Å². The van der Waals surface area contributed by atoms with Gasteiger partial charge in [0, 0.05) is 25.2 Å². The number of methoxy groups -OCH3 is 1. The first kappa shape index (κ1) is 37.9. The van der Waals surface area contributed by atoms with Crippen LogP contribution in [0.4, 0.5) is 4.79 Å². The van der Waals surface area contributed by atoms with Crippen LogP contribution < -0.4 is 0 Å². The fourth-order valence-corrected chi connectivity index (χ4v) is 12.1. The molecule has 0 aromatic heterocycles. The molecule has 0 unspecified atom stereocenters. The molecule has 13 heteroatoms. The average molecular weight is 715 g/mol. The van der Waals surface area contributed by atoms with Gasteiger partial charge in [-0.15, -0.1) is 0 Å². The van der Waals surface area contributed by atoms with Gasteiger partial charge in [0.05, 0.1) is 36.7 Å². The molecular formula is C37H50O12Si. The predicted octanol–water partition coefficient (Wildman–Crippen LogP) is 5.11. The number of benzene rings is 1. The van der Waals surface area contributed by atoms with Crippen molar-refractivity contribution in [3.63, 3.8) is 0 Å².